The molecular formula is C13H12O4. The van der Waals surface area contributed by atoms with E-state index >= 15 is 0 Å². The fourth-order valence-electron chi connectivity index (χ4n) is 1.80. The summed E-state index contributed by atoms with van der Waals surface area (Å²) in [5.41, 5.74) is 0.408. The molecule has 0 aliphatic rings. The van der Waals surface area contributed by atoms with E-state index in [1.807, 2.05) is 0 Å². The molecule has 4 nitrogen and oxygen atoms in total. The van der Waals surface area contributed by atoms with E-state index in [9.17, 15) is 9.90 Å². The zero-order chi connectivity index (χ0) is 12.4. The molecule has 0 saturated carbocycles. The van der Waals surface area contributed by atoms with Gasteiger partial charge in [0.2, 0.25) is 0 Å². The van der Waals surface area contributed by atoms with Crippen molar-refractivity contribution in [1.29, 1.82) is 0 Å². The Kier molecular flexibility index (Phi) is 2.87. The number of hydrogen-bond donors (Lipinski definition) is 1. The molecule has 4 heteroatoms. The lowest BCUT2D eigenvalue weighted by molar-refractivity contribution is 0.112. The van der Waals surface area contributed by atoms with E-state index in [4.69, 9.17) is 9.47 Å². The molecule has 2 aromatic rings. The van der Waals surface area contributed by atoms with Crippen molar-refractivity contribution in [1.82, 2.24) is 0 Å². The quantitative estimate of drug-likeness (QED) is 0.825. The average Bonchev–Trinajstić information content (AvgIpc) is 2.36. The first-order chi connectivity index (χ1) is 8.19. The molecule has 2 aromatic carbocycles. The molecule has 1 N–H and O–H groups in total. The van der Waals surface area contributed by atoms with Gasteiger partial charge >= 0.3 is 0 Å². The number of carbonyl (C=O) groups excluding carboxylic acids is 1. The summed E-state index contributed by atoms with van der Waals surface area (Å²) >= 11 is 0. The largest absolute Gasteiger partial charge is 0.507 e. The molecule has 0 atom stereocenters. The maximum absolute atomic E-state index is 10.7. The summed E-state index contributed by atoms with van der Waals surface area (Å²) in [4.78, 5) is 10.7. The molecule has 0 heterocycles. The predicted molar refractivity (Wildman–Crippen MR) is 64.1 cm³/mol. The summed E-state index contributed by atoms with van der Waals surface area (Å²) in [5.74, 6) is 1.13. The normalized spacial score (nSPS) is 10.2. The molecule has 0 aliphatic heterocycles. The number of hydrogen-bond acceptors (Lipinski definition) is 4. The number of aldehydes is 1. The first-order valence-corrected chi connectivity index (χ1v) is 5.03. The highest BCUT2D eigenvalue weighted by molar-refractivity contribution is 5.98. The van der Waals surface area contributed by atoms with Crippen molar-refractivity contribution in [3.8, 4) is 17.2 Å². The van der Waals surface area contributed by atoms with Gasteiger partial charge in [-0.05, 0) is 23.6 Å². The van der Waals surface area contributed by atoms with Crippen molar-refractivity contribution in [2.24, 2.45) is 0 Å². The van der Waals surface area contributed by atoms with Gasteiger partial charge in [0, 0.05) is 11.6 Å². The minimum Gasteiger partial charge on any atom is -0.507 e. The van der Waals surface area contributed by atoms with Crippen molar-refractivity contribution < 1.29 is 19.4 Å². The van der Waals surface area contributed by atoms with Crippen LogP contribution < -0.4 is 9.47 Å². The Morgan fingerprint density at radius 1 is 1.12 bits per heavy atom. The first-order valence-electron chi connectivity index (χ1n) is 5.03. The van der Waals surface area contributed by atoms with Crippen molar-refractivity contribution >= 4 is 17.1 Å². The van der Waals surface area contributed by atoms with E-state index in [2.05, 4.69) is 0 Å². The van der Waals surface area contributed by atoms with Gasteiger partial charge in [0.1, 0.15) is 23.5 Å². The second kappa shape index (κ2) is 4.33. The molecule has 0 amide bonds. The SMILES string of the molecule is COc1cc(OC)c2c(O)cc(C=O)cc2c1. The number of benzene rings is 2. The third-order valence-corrected chi connectivity index (χ3v) is 2.58. The smallest absolute Gasteiger partial charge is 0.150 e. The summed E-state index contributed by atoms with van der Waals surface area (Å²) in [6, 6.07) is 6.50. The van der Waals surface area contributed by atoms with Crippen molar-refractivity contribution in [2.45, 2.75) is 0 Å². The lowest BCUT2D eigenvalue weighted by Gasteiger charge is -2.10. The van der Waals surface area contributed by atoms with Gasteiger partial charge in [0.15, 0.2) is 0 Å². The number of aromatic hydroxyl groups is 1. The summed E-state index contributed by atoms with van der Waals surface area (Å²) < 4.78 is 10.3. The molecular weight excluding hydrogens is 220 g/mol. The molecule has 0 radical (unpaired) electrons. The molecule has 2 rings (SSSR count). The zero-order valence-electron chi connectivity index (χ0n) is 9.56. The van der Waals surface area contributed by atoms with Gasteiger partial charge in [-0.25, -0.2) is 0 Å². The van der Waals surface area contributed by atoms with E-state index in [0.29, 0.717) is 34.1 Å². The van der Waals surface area contributed by atoms with E-state index < -0.39 is 0 Å². The van der Waals surface area contributed by atoms with Crippen molar-refractivity contribution in [3.63, 3.8) is 0 Å². The van der Waals surface area contributed by atoms with Gasteiger partial charge in [0.25, 0.3) is 0 Å². The summed E-state index contributed by atoms with van der Waals surface area (Å²) in [5, 5.41) is 11.1. The summed E-state index contributed by atoms with van der Waals surface area (Å²) in [7, 11) is 3.06. The molecule has 0 aliphatic carbocycles. The standard InChI is InChI=1S/C13H12O4/c1-16-10-5-9-3-8(7-14)4-11(15)13(9)12(6-10)17-2/h3-7,15H,1-2H3. The monoisotopic (exact) mass is 232 g/mol. The highest BCUT2D eigenvalue weighted by Gasteiger charge is 2.10. The number of carbonyl (C=O) groups is 1. The highest BCUT2D eigenvalue weighted by Crippen LogP contribution is 2.37. The van der Waals surface area contributed by atoms with E-state index in [1.54, 1.807) is 25.3 Å². The lowest BCUT2D eigenvalue weighted by Crippen LogP contribution is -1.90. The van der Waals surface area contributed by atoms with Gasteiger partial charge in [-0.3, -0.25) is 4.79 Å². The topological polar surface area (TPSA) is 55.8 Å². The van der Waals surface area contributed by atoms with Crippen LogP contribution in [0.3, 0.4) is 0 Å². The fourth-order valence-corrected chi connectivity index (χ4v) is 1.80. The summed E-state index contributed by atoms with van der Waals surface area (Å²) in [6.07, 6.45) is 0.686. The van der Waals surface area contributed by atoms with Gasteiger partial charge in [-0.2, -0.15) is 0 Å². The molecule has 0 saturated heterocycles. The second-order valence-corrected chi connectivity index (χ2v) is 3.59. The van der Waals surface area contributed by atoms with Crippen LogP contribution >= 0.6 is 0 Å². The van der Waals surface area contributed by atoms with Crippen LogP contribution in [-0.4, -0.2) is 25.6 Å². The Hall–Kier alpha value is -2.23. The number of phenols is 1. The lowest BCUT2D eigenvalue weighted by atomic mass is 10.0. The number of methoxy groups -OCH3 is 2. The third-order valence-electron chi connectivity index (χ3n) is 2.58. The highest BCUT2D eigenvalue weighted by atomic mass is 16.5. The molecule has 17 heavy (non-hydrogen) atoms. The predicted octanol–water partition coefficient (Wildman–Crippen LogP) is 2.38. The third kappa shape index (κ3) is 1.89. The van der Waals surface area contributed by atoms with Crippen LogP contribution in [-0.2, 0) is 0 Å². The molecule has 0 bridgehead atoms. The number of ether oxygens (including phenoxy) is 2. The zero-order valence-corrected chi connectivity index (χ0v) is 9.56. The molecule has 0 aromatic heterocycles. The molecule has 0 fully saturated rings. The Morgan fingerprint density at radius 2 is 1.88 bits per heavy atom. The Labute approximate surface area is 98.4 Å². The number of rotatable bonds is 3. The maximum atomic E-state index is 10.7. The number of fused-ring (bicyclic) bond motifs is 1. The van der Waals surface area contributed by atoms with Crippen LogP contribution in [0, 0.1) is 0 Å². The van der Waals surface area contributed by atoms with Crippen LogP contribution in [0.15, 0.2) is 24.3 Å². The van der Waals surface area contributed by atoms with Gasteiger partial charge in [-0.15, -0.1) is 0 Å². The first kappa shape index (κ1) is 11.3. The molecule has 0 unspecified atom stereocenters. The minimum atomic E-state index is 0.0177. The fraction of sp³-hybridized carbons (Fsp3) is 0.154. The minimum absolute atomic E-state index is 0.0177. The van der Waals surface area contributed by atoms with Crippen LogP contribution in [0.1, 0.15) is 10.4 Å². The Morgan fingerprint density at radius 3 is 2.47 bits per heavy atom. The van der Waals surface area contributed by atoms with Crippen molar-refractivity contribution in [3.05, 3.63) is 29.8 Å². The maximum Gasteiger partial charge on any atom is 0.150 e. The number of phenolic OH excluding ortho intramolecular Hbond substituents is 1. The van der Waals surface area contributed by atoms with Crippen molar-refractivity contribution in [2.75, 3.05) is 14.2 Å². The second-order valence-electron chi connectivity index (χ2n) is 3.59. The van der Waals surface area contributed by atoms with Crippen LogP contribution in [0.5, 0.6) is 17.2 Å². The van der Waals surface area contributed by atoms with E-state index in [1.165, 1.54) is 13.2 Å². The van der Waals surface area contributed by atoms with Gasteiger partial charge in [-0.1, -0.05) is 0 Å². The molecule has 88 valence electrons. The Balaban J connectivity index is 2.83. The average molecular weight is 232 g/mol. The van der Waals surface area contributed by atoms with Crippen LogP contribution in [0.2, 0.25) is 0 Å². The van der Waals surface area contributed by atoms with E-state index in [0.717, 1.165) is 0 Å². The van der Waals surface area contributed by atoms with Gasteiger partial charge < -0.3 is 14.6 Å². The molecule has 0 spiro atoms. The van der Waals surface area contributed by atoms with Gasteiger partial charge in [0.05, 0.1) is 19.6 Å². The van der Waals surface area contributed by atoms with Crippen LogP contribution in [0.25, 0.3) is 10.8 Å². The Bertz CT molecular complexity index is 575. The summed E-state index contributed by atoms with van der Waals surface area (Å²) in [6.45, 7) is 0. The van der Waals surface area contributed by atoms with Crippen LogP contribution in [0.4, 0.5) is 0 Å². The van der Waals surface area contributed by atoms with E-state index in [-0.39, 0.29) is 5.75 Å².